The fourth-order valence-corrected chi connectivity index (χ4v) is 4.53. The molecule has 6 nitrogen and oxygen atoms in total. The molecule has 2 aliphatic heterocycles. The number of methoxy groups -OCH3 is 1. The molecule has 162 valence electrons. The van der Waals surface area contributed by atoms with E-state index >= 15 is 0 Å². The molecule has 0 spiro atoms. The van der Waals surface area contributed by atoms with Crippen LogP contribution in [0.2, 0.25) is 5.02 Å². The molecule has 3 aromatic rings. The zero-order chi connectivity index (χ0) is 22.4. The summed E-state index contributed by atoms with van der Waals surface area (Å²) in [6.07, 6.45) is -0.931. The van der Waals surface area contributed by atoms with E-state index in [1.807, 2.05) is 61.5 Å². The van der Waals surface area contributed by atoms with Crippen LogP contribution in [-0.2, 0) is 14.4 Å². The lowest BCUT2D eigenvalue weighted by molar-refractivity contribution is -0.126. The zero-order valence-electron chi connectivity index (χ0n) is 17.6. The van der Waals surface area contributed by atoms with Crippen LogP contribution in [0.1, 0.15) is 17.2 Å². The van der Waals surface area contributed by atoms with E-state index in [4.69, 9.17) is 21.2 Å². The molecule has 0 aliphatic carbocycles. The Bertz CT molecular complexity index is 1200. The average Bonchev–Trinajstić information content (AvgIpc) is 3.32. The van der Waals surface area contributed by atoms with Crippen molar-refractivity contribution in [2.75, 3.05) is 17.1 Å². The Kier molecular flexibility index (Phi) is 5.12. The van der Waals surface area contributed by atoms with E-state index in [0.717, 1.165) is 16.8 Å². The van der Waals surface area contributed by atoms with Gasteiger partial charge in [0.25, 0.3) is 5.91 Å². The van der Waals surface area contributed by atoms with Gasteiger partial charge in [-0.2, -0.15) is 0 Å². The molecule has 0 radical (unpaired) electrons. The van der Waals surface area contributed by atoms with Crippen molar-refractivity contribution >= 4 is 34.8 Å². The number of hydrogen-bond acceptors (Lipinski definition) is 5. The Morgan fingerprint density at radius 3 is 2.41 bits per heavy atom. The number of benzene rings is 3. The molecule has 7 heteroatoms. The van der Waals surface area contributed by atoms with Crippen molar-refractivity contribution in [3.63, 3.8) is 0 Å². The van der Waals surface area contributed by atoms with Gasteiger partial charge in [0, 0.05) is 5.02 Å². The molecule has 2 heterocycles. The molecule has 2 saturated heterocycles. The van der Waals surface area contributed by atoms with E-state index in [1.165, 1.54) is 4.90 Å². The largest absolute Gasteiger partial charge is 0.497 e. The van der Waals surface area contributed by atoms with Gasteiger partial charge in [0.05, 0.1) is 24.5 Å². The maximum absolute atomic E-state index is 13.6. The SMILES string of the molecule is COc1cccc(C2C3C(=O)N(c4ccc(C)c(Cl)c4)C(=O)C3ON2c2ccccc2)c1. The third-order valence-electron chi connectivity index (χ3n) is 5.98. The number of aryl methyl sites for hydroxylation is 1. The molecule has 0 N–H and O–H groups in total. The summed E-state index contributed by atoms with van der Waals surface area (Å²) in [5, 5.41) is 2.16. The van der Waals surface area contributed by atoms with Gasteiger partial charge in [-0.15, -0.1) is 0 Å². The van der Waals surface area contributed by atoms with Crippen molar-refractivity contribution in [3.8, 4) is 5.75 Å². The normalized spacial score (nSPS) is 22.4. The highest BCUT2D eigenvalue weighted by Gasteiger charge is 2.60. The Morgan fingerprint density at radius 2 is 1.69 bits per heavy atom. The van der Waals surface area contributed by atoms with Crippen LogP contribution in [0.4, 0.5) is 11.4 Å². The highest BCUT2D eigenvalue weighted by Crippen LogP contribution is 2.48. The van der Waals surface area contributed by atoms with Crippen molar-refractivity contribution in [1.82, 2.24) is 0 Å². The minimum Gasteiger partial charge on any atom is -0.497 e. The lowest BCUT2D eigenvalue weighted by Gasteiger charge is -2.29. The molecule has 32 heavy (non-hydrogen) atoms. The van der Waals surface area contributed by atoms with Crippen molar-refractivity contribution in [1.29, 1.82) is 0 Å². The fourth-order valence-electron chi connectivity index (χ4n) is 4.35. The molecule has 3 atom stereocenters. The first-order chi connectivity index (χ1) is 15.5. The zero-order valence-corrected chi connectivity index (χ0v) is 18.3. The van der Waals surface area contributed by atoms with E-state index in [2.05, 4.69) is 0 Å². The molecular weight excluding hydrogens is 428 g/mol. The van der Waals surface area contributed by atoms with E-state index in [0.29, 0.717) is 16.5 Å². The van der Waals surface area contributed by atoms with Crippen LogP contribution >= 0.6 is 11.6 Å². The molecule has 5 rings (SSSR count). The summed E-state index contributed by atoms with van der Waals surface area (Å²) < 4.78 is 5.39. The first-order valence-corrected chi connectivity index (χ1v) is 10.7. The number of imide groups is 1. The first-order valence-electron chi connectivity index (χ1n) is 10.3. The smallest absolute Gasteiger partial charge is 0.266 e. The van der Waals surface area contributed by atoms with Gasteiger partial charge >= 0.3 is 0 Å². The Morgan fingerprint density at radius 1 is 0.906 bits per heavy atom. The van der Waals surface area contributed by atoms with Gasteiger partial charge in [-0.05, 0) is 54.4 Å². The quantitative estimate of drug-likeness (QED) is 0.541. The standard InChI is InChI=1S/C25H21ClN2O4/c1-15-11-12-18(14-20(15)26)27-24(29)21-22(16-7-6-10-19(13-16)31-2)28(32-23(21)25(27)30)17-8-4-3-5-9-17/h3-14,21-23H,1-2H3. The van der Waals surface area contributed by atoms with Crippen LogP contribution in [0.5, 0.6) is 5.75 Å². The lowest BCUT2D eigenvalue weighted by atomic mass is 9.90. The predicted octanol–water partition coefficient (Wildman–Crippen LogP) is 4.71. The molecule has 3 aromatic carbocycles. The Balaban J connectivity index is 1.59. The van der Waals surface area contributed by atoms with Crippen LogP contribution in [0, 0.1) is 12.8 Å². The number of carbonyl (C=O) groups excluding carboxylic acids is 2. The summed E-state index contributed by atoms with van der Waals surface area (Å²) in [6, 6.07) is 21.6. The number of fused-ring (bicyclic) bond motifs is 1. The molecule has 2 aliphatic rings. The maximum Gasteiger partial charge on any atom is 0.266 e. The highest BCUT2D eigenvalue weighted by atomic mass is 35.5. The van der Waals surface area contributed by atoms with Crippen molar-refractivity contribution < 1.29 is 19.2 Å². The number of rotatable bonds is 4. The summed E-state index contributed by atoms with van der Waals surface area (Å²) in [6.45, 7) is 1.87. The molecule has 0 bridgehead atoms. The summed E-state index contributed by atoms with van der Waals surface area (Å²) in [7, 11) is 1.59. The highest BCUT2D eigenvalue weighted by molar-refractivity contribution is 6.32. The number of halogens is 1. The van der Waals surface area contributed by atoms with Crippen LogP contribution in [0.3, 0.4) is 0 Å². The molecule has 3 unspecified atom stereocenters. The maximum atomic E-state index is 13.6. The monoisotopic (exact) mass is 448 g/mol. The average molecular weight is 449 g/mol. The van der Waals surface area contributed by atoms with Gasteiger partial charge in [-0.3, -0.25) is 14.4 Å². The van der Waals surface area contributed by atoms with Gasteiger partial charge in [-0.25, -0.2) is 9.96 Å². The van der Waals surface area contributed by atoms with E-state index < -0.39 is 24.0 Å². The van der Waals surface area contributed by atoms with Crippen molar-refractivity contribution in [3.05, 3.63) is 88.9 Å². The number of nitrogens with zero attached hydrogens (tertiary/aromatic N) is 2. The number of anilines is 2. The predicted molar refractivity (Wildman–Crippen MR) is 122 cm³/mol. The van der Waals surface area contributed by atoms with Gasteiger partial charge < -0.3 is 4.74 Å². The Hall–Kier alpha value is -3.35. The topological polar surface area (TPSA) is 59.1 Å². The summed E-state index contributed by atoms with van der Waals surface area (Å²) in [5.41, 5.74) is 2.91. The second-order valence-corrected chi connectivity index (χ2v) is 8.29. The van der Waals surface area contributed by atoms with Crippen molar-refractivity contribution in [2.24, 2.45) is 5.92 Å². The molecule has 0 aromatic heterocycles. The van der Waals surface area contributed by atoms with Crippen LogP contribution in [-0.4, -0.2) is 25.0 Å². The number of hydrogen-bond donors (Lipinski definition) is 0. The number of carbonyl (C=O) groups is 2. The first kappa shape index (κ1) is 20.5. The number of amides is 2. The lowest BCUT2D eigenvalue weighted by Crippen LogP contribution is -2.37. The molecule has 2 fully saturated rings. The summed E-state index contributed by atoms with van der Waals surface area (Å²) >= 11 is 6.27. The third-order valence-corrected chi connectivity index (χ3v) is 6.38. The van der Waals surface area contributed by atoms with Crippen LogP contribution < -0.4 is 14.7 Å². The van der Waals surface area contributed by atoms with Crippen molar-refractivity contribution in [2.45, 2.75) is 19.1 Å². The van der Waals surface area contributed by atoms with Crippen LogP contribution in [0.15, 0.2) is 72.8 Å². The van der Waals surface area contributed by atoms with Crippen LogP contribution in [0.25, 0.3) is 0 Å². The van der Waals surface area contributed by atoms with Gasteiger partial charge in [-0.1, -0.05) is 48.0 Å². The minimum atomic E-state index is -0.931. The second kappa shape index (κ2) is 7.97. The van der Waals surface area contributed by atoms with E-state index in [1.54, 1.807) is 30.4 Å². The number of hydroxylamine groups is 1. The fraction of sp³-hybridized carbons (Fsp3) is 0.200. The minimum absolute atomic E-state index is 0.314. The molecule has 2 amide bonds. The van der Waals surface area contributed by atoms with Gasteiger partial charge in [0.15, 0.2) is 6.10 Å². The number of para-hydroxylation sites is 1. The summed E-state index contributed by atoms with van der Waals surface area (Å²) in [5.74, 6) is -0.759. The van der Waals surface area contributed by atoms with E-state index in [-0.39, 0.29) is 5.91 Å². The van der Waals surface area contributed by atoms with Gasteiger partial charge in [0.2, 0.25) is 5.91 Å². The Labute approximate surface area is 190 Å². The molecule has 0 saturated carbocycles. The molecular formula is C25H21ClN2O4. The van der Waals surface area contributed by atoms with Gasteiger partial charge in [0.1, 0.15) is 11.7 Å². The summed E-state index contributed by atoms with van der Waals surface area (Å²) in [4.78, 5) is 34.3. The third kappa shape index (κ3) is 3.23. The van der Waals surface area contributed by atoms with E-state index in [9.17, 15) is 9.59 Å². The number of ether oxygens (including phenoxy) is 1. The second-order valence-electron chi connectivity index (χ2n) is 7.88.